The molecule has 6 nitrogen and oxygen atoms in total. The average Bonchev–Trinajstić information content (AvgIpc) is 2.60. The van der Waals surface area contributed by atoms with Crippen molar-refractivity contribution in [2.75, 3.05) is 38.5 Å². The summed E-state index contributed by atoms with van der Waals surface area (Å²) >= 11 is 0. The number of nitrogens with one attached hydrogen (secondary N) is 2. The maximum Gasteiger partial charge on any atom is 0.243 e. The minimum Gasteiger partial charge on any atom is -0.495 e. The summed E-state index contributed by atoms with van der Waals surface area (Å²) in [6.45, 7) is 1.79. The van der Waals surface area contributed by atoms with Gasteiger partial charge in [-0.1, -0.05) is 6.07 Å². The number of benzene rings is 2. The molecule has 25 heavy (non-hydrogen) atoms. The lowest BCUT2D eigenvalue weighted by Crippen LogP contribution is -2.22. The van der Waals surface area contributed by atoms with Crippen LogP contribution in [0.5, 0.6) is 17.2 Å². The SMILES string of the molecule is COc1ccc(C)cc1NC(=O)CNc1cc(OC)c(OC)cc1F. The predicted molar refractivity (Wildman–Crippen MR) is 94.4 cm³/mol. The normalized spacial score (nSPS) is 10.1. The maximum atomic E-state index is 14.1. The topological polar surface area (TPSA) is 68.8 Å². The lowest BCUT2D eigenvalue weighted by molar-refractivity contribution is -0.114. The number of amides is 1. The van der Waals surface area contributed by atoms with Gasteiger partial charge in [-0.3, -0.25) is 4.79 Å². The molecular weight excluding hydrogens is 327 g/mol. The molecule has 0 bridgehead atoms. The molecule has 0 fully saturated rings. The standard InChI is InChI=1S/C18H21FN2O4/c1-11-5-6-15(23-2)14(7-11)21-18(22)10-20-13-9-17(25-4)16(24-3)8-12(13)19/h5-9,20H,10H2,1-4H3,(H,21,22). The van der Waals surface area contributed by atoms with Crippen LogP contribution in [0.1, 0.15) is 5.56 Å². The second-order valence-corrected chi connectivity index (χ2v) is 5.29. The van der Waals surface area contributed by atoms with Crippen molar-refractivity contribution in [3.63, 3.8) is 0 Å². The average molecular weight is 348 g/mol. The monoisotopic (exact) mass is 348 g/mol. The Morgan fingerprint density at radius 3 is 2.24 bits per heavy atom. The minimum absolute atomic E-state index is 0.122. The van der Waals surface area contributed by atoms with Crippen molar-refractivity contribution in [3.05, 3.63) is 41.7 Å². The molecule has 0 aromatic heterocycles. The fraction of sp³-hybridized carbons (Fsp3) is 0.278. The Bertz CT molecular complexity index is 765. The second kappa shape index (κ2) is 8.23. The Labute approximate surface area is 145 Å². The second-order valence-electron chi connectivity index (χ2n) is 5.29. The van der Waals surface area contributed by atoms with Crippen LogP contribution in [-0.2, 0) is 4.79 Å². The van der Waals surface area contributed by atoms with Gasteiger partial charge in [0.1, 0.15) is 11.6 Å². The number of carbonyl (C=O) groups is 1. The molecule has 0 unspecified atom stereocenters. The van der Waals surface area contributed by atoms with Crippen LogP contribution in [0.3, 0.4) is 0 Å². The molecule has 134 valence electrons. The van der Waals surface area contributed by atoms with E-state index in [0.717, 1.165) is 5.56 Å². The number of anilines is 2. The van der Waals surface area contributed by atoms with Crippen LogP contribution in [0.15, 0.2) is 30.3 Å². The van der Waals surface area contributed by atoms with Gasteiger partial charge in [0.2, 0.25) is 5.91 Å². The number of methoxy groups -OCH3 is 3. The Balaban J connectivity index is 2.07. The molecule has 0 aliphatic carbocycles. The van der Waals surface area contributed by atoms with E-state index in [1.807, 2.05) is 13.0 Å². The first kappa shape index (κ1) is 18.4. The van der Waals surface area contributed by atoms with Crippen molar-refractivity contribution >= 4 is 17.3 Å². The molecule has 0 radical (unpaired) electrons. The largest absolute Gasteiger partial charge is 0.495 e. The lowest BCUT2D eigenvalue weighted by Gasteiger charge is -2.14. The summed E-state index contributed by atoms with van der Waals surface area (Å²) < 4.78 is 29.4. The van der Waals surface area contributed by atoms with E-state index in [4.69, 9.17) is 14.2 Å². The van der Waals surface area contributed by atoms with Crippen LogP contribution in [0, 0.1) is 12.7 Å². The van der Waals surface area contributed by atoms with Gasteiger partial charge in [-0.25, -0.2) is 4.39 Å². The summed E-state index contributed by atoms with van der Waals surface area (Å²) in [6, 6.07) is 8.09. The third-order valence-corrected chi connectivity index (χ3v) is 3.54. The number of hydrogen-bond acceptors (Lipinski definition) is 5. The fourth-order valence-electron chi connectivity index (χ4n) is 2.28. The molecule has 7 heteroatoms. The zero-order valence-corrected chi connectivity index (χ0v) is 14.6. The minimum atomic E-state index is -0.543. The highest BCUT2D eigenvalue weighted by molar-refractivity contribution is 5.95. The Hall–Kier alpha value is -2.96. The predicted octanol–water partition coefficient (Wildman–Crippen LogP) is 3.21. The summed E-state index contributed by atoms with van der Waals surface area (Å²) in [6.07, 6.45) is 0. The van der Waals surface area contributed by atoms with Gasteiger partial charge in [-0.05, 0) is 24.6 Å². The number of aryl methyl sites for hydroxylation is 1. The van der Waals surface area contributed by atoms with E-state index in [1.165, 1.54) is 33.5 Å². The highest BCUT2D eigenvalue weighted by atomic mass is 19.1. The van der Waals surface area contributed by atoms with Crippen LogP contribution >= 0.6 is 0 Å². The number of halogens is 1. The number of carbonyl (C=O) groups excluding carboxylic acids is 1. The zero-order valence-electron chi connectivity index (χ0n) is 14.6. The van der Waals surface area contributed by atoms with Gasteiger partial charge < -0.3 is 24.8 Å². The summed E-state index contributed by atoms with van der Waals surface area (Å²) in [5.74, 6) is 0.319. The van der Waals surface area contributed by atoms with Crippen LogP contribution < -0.4 is 24.8 Å². The Kier molecular flexibility index (Phi) is 6.05. The lowest BCUT2D eigenvalue weighted by atomic mass is 10.2. The van der Waals surface area contributed by atoms with Crippen LogP contribution in [-0.4, -0.2) is 33.8 Å². The first-order valence-electron chi connectivity index (χ1n) is 7.58. The van der Waals surface area contributed by atoms with E-state index in [-0.39, 0.29) is 23.9 Å². The molecule has 2 aromatic carbocycles. The molecule has 2 rings (SSSR count). The van der Waals surface area contributed by atoms with E-state index < -0.39 is 5.82 Å². The highest BCUT2D eigenvalue weighted by Crippen LogP contribution is 2.32. The first-order valence-corrected chi connectivity index (χ1v) is 7.58. The van der Waals surface area contributed by atoms with Gasteiger partial charge in [0.05, 0.1) is 39.2 Å². The number of rotatable bonds is 7. The van der Waals surface area contributed by atoms with E-state index >= 15 is 0 Å². The molecule has 0 saturated carbocycles. The van der Waals surface area contributed by atoms with E-state index in [9.17, 15) is 9.18 Å². The smallest absolute Gasteiger partial charge is 0.243 e. The molecule has 2 aromatic rings. The first-order chi connectivity index (χ1) is 12.0. The summed E-state index contributed by atoms with van der Waals surface area (Å²) in [5, 5.41) is 5.49. The highest BCUT2D eigenvalue weighted by Gasteiger charge is 2.13. The molecule has 1 amide bonds. The van der Waals surface area contributed by atoms with Crippen LogP contribution in [0.4, 0.5) is 15.8 Å². The molecule has 0 aliphatic heterocycles. The van der Waals surface area contributed by atoms with Gasteiger partial charge >= 0.3 is 0 Å². The van der Waals surface area contributed by atoms with Crippen molar-refractivity contribution in [1.29, 1.82) is 0 Å². The van der Waals surface area contributed by atoms with Crippen molar-refractivity contribution in [3.8, 4) is 17.2 Å². The molecule has 0 heterocycles. The van der Waals surface area contributed by atoms with Crippen LogP contribution in [0.25, 0.3) is 0 Å². The van der Waals surface area contributed by atoms with Gasteiger partial charge in [0.15, 0.2) is 11.5 Å². The van der Waals surface area contributed by atoms with E-state index in [2.05, 4.69) is 10.6 Å². The summed E-state index contributed by atoms with van der Waals surface area (Å²) in [5.41, 5.74) is 1.68. The number of hydrogen-bond donors (Lipinski definition) is 2. The Morgan fingerprint density at radius 1 is 0.960 bits per heavy atom. The van der Waals surface area contributed by atoms with Gasteiger partial charge in [0, 0.05) is 12.1 Å². The molecule has 0 spiro atoms. The van der Waals surface area contributed by atoms with E-state index in [1.54, 1.807) is 12.1 Å². The van der Waals surface area contributed by atoms with Gasteiger partial charge in [-0.2, -0.15) is 0 Å². The number of ether oxygens (including phenoxy) is 3. The molecular formula is C18H21FN2O4. The van der Waals surface area contributed by atoms with E-state index in [0.29, 0.717) is 17.2 Å². The molecule has 0 aliphatic rings. The summed E-state index contributed by atoms with van der Waals surface area (Å²) in [4.78, 5) is 12.1. The maximum absolute atomic E-state index is 14.1. The molecule has 0 atom stereocenters. The Morgan fingerprint density at radius 2 is 1.60 bits per heavy atom. The van der Waals surface area contributed by atoms with Crippen molar-refractivity contribution < 1.29 is 23.4 Å². The van der Waals surface area contributed by atoms with Crippen molar-refractivity contribution in [1.82, 2.24) is 0 Å². The van der Waals surface area contributed by atoms with Gasteiger partial charge in [-0.15, -0.1) is 0 Å². The molecule has 2 N–H and O–H groups in total. The quantitative estimate of drug-likeness (QED) is 0.804. The molecule has 0 saturated heterocycles. The third-order valence-electron chi connectivity index (χ3n) is 3.54. The van der Waals surface area contributed by atoms with Crippen LogP contribution in [0.2, 0.25) is 0 Å². The third kappa shape index (κ3) is 4.53. The fourth-order valence-corrected chi connectivity index (χ4v) is 2.28. The van der Waals surface area contributed by atoms with Crippen molar-refractivity contribution in [2.24, 2.45) is 0 Å². The van der Waals surface area contributed by atoms with Crippen molar-refractivity contribution in [2.45, 2.75) is 6.92 Å². The zero-order chi connectivity index (χ0) is 18.4. The summed E-state index contributed by atoms with van der Waals surface area (Å²) in [7, 11) is 4.40. The van der Waals surface area contributed by atoms with Gasteiger partial charge in [0.25, 0.3) is 0 Å².